The fourth-order valence-electron chi connectivity index (χ4n) is 1.22. The summed E-state index contributed by atoms with van der Waals surface area (Å²) in [6.45, 7) is 3.68. The first-order chi connectivity index (χ1) is 6.87. The van der Waals surface area contributed by atoms with E-state index >= 15 is 0 Å². The van der Waals surface area contributed by atoms with Gasteiger partial charge in [-0.15, -0.1) is 0 Å². The summed E-state index contributed by atoms with van der Waals surface area (Å²) in [7, 11) is -1.61. The van der Waals surface area contributed by atoms with Crippen molar-refractivity contribution in [2.24, 2.45) is 5.73 Å². The zero-order chi connectivity index (χ0) is 11.9. The van der Waals surface area contributed by atoms with Gasteiger partial charge >= 0.3 is 6.03 Å². The van der Waals surface area contributed by atoms with Crippen molar-refractivity contribution in [2.75, 3.05) is 25.9 Å². The maximum Gasteiger partial charge on any atom is 0.325 e. The second kappa shape index (κ2) is 6.62. The first-order valence-corrected chi connectivity index (χ1v) is 6.51. The smallest absolute Gasteiger partial charge is 0.325 e. The standard InChI is InChI=1S/C8H19N3O3S/c1-3-5-11(2)6-4-7-15(13,14)10-8(9)12/h3-7H2,1-2H3,(H3,9,10,12). The number of amides is 2. The van der Waals surface area contributed by atoms with E-state index in [0.717, 1.165) is 13.0 Å². The molecule has 0 rings (SSSR count). The summed E-state index contributed by atoms with van der Waals surface area (Å²) in [5.74, 6) is -0.0794. The summed E-state index contributed by atoms with van der Waals surface area (Å²) < 4.78 is 24.0. The molecule has 0 atom stereocenters. The van der Waals surface area contributed by atoms with Gasteiger partial charge in [0.15, 0.2) is 0 Å². The lowest BCUT2D eigenvalue weighted by Crippen LogP contribution is -2.37. The summed E-state index contributed by atoms with van der Waals surface area (Å²) in [6, 6.07) is -1.03. The Morgan fingerprint density at radius 1 is 1.40 bits per heavy atom. The minimum Gasteiger partial charge on any atom is -0.351 e. The van der Waals surface area contributed by atoms with Crippen molar-refractivity contribution in [3.05, 3.63) is 0 Å². The van der Waals surface area contributed by atoms with Gasteiger partial charge in [0.2, 0.25) is 10.0 Å². The summed E-state index contributed by atoms with van der Waals surface area (Å²) >= 11 is 0. The Morgan fingerprint density at radius 2 is 2.00 bits per heavy atom. The molecular weight excluding hydrogens is 218 g/mol. The van der Waals surface area contributed by atoms with E-state index in [9.17, 15) is 13.2 Å². The Bertz CT molecular complexity index is 290. The van der Waals surface area contributed by atoms with E-state index < -0.39 is 16.1 Å². The SMILES string of the molecule is CCCN(C)CCCS(=O)(=O)NC(N)=O. The molecule has 0 unspecified atom stereocenters. The van der Waals surface area contributed by atoms with Gasteiger partial charge in [0.05, 0.1) is 5.75 Å². The third kappa shape index (κ3) is 8.19. The molecule has 2 amide bonds. The molecule has 90 valence electrons. The number of primary amides is 1. The van der Waals surface area contributed by atoms with Crippen LogP contribution < -0.4 is 10.5 Å². The largest absolute Gasteiger partial charge is 0.351 e. The lowest BCUT2D eigenvalue weighted by atomic mass is 10.4. The van der Waals surface area contributed by atoms with Crippen LogP contribution in [0.3, 0.4) is 0 Å². The monoisotopic (exact) mass is 237 g/mol. The fraction of sp³-hybridized carbons (Fsp3) is 0.875. The van der Waals surface area contributed by atoms with Crippen LogP contribution in [0.5, 0.6) is 0 Å². The van der Waals surface area contributed by atoms with Gasteiger partial charge in [-0.25, -0.2) is 17.9 Å². The Morgan fingerprint density at radius 3 is 2.47 bits per heavy atom. The van der Waals surface area contributed by atoms with Crippen molar-refractivity contribution in [1.82, 2.24) is 9.62 Å². The van der Waals surface area contributed by atoms with Gasteiger partial charge in [-0.2, -0.15) is 0 Å². The number of hydrogen-bond donors (Lipinski definition) is 2. The third-order valence-electron chi connectivity index (χ3n) is 1.81. The Labute approximate surface area is 90.9 Å². The quantitative estimate of drug-likeness (QED) is 0.636. The first-order valence-electron chi connectivity index (χ1n) is 4.86. The van der Waals surface area contributed by atoms with Crippen molar-refractivity contribution in [3.63, 3.8) is 0 Å². The number of sulfonamides is 1. The van der Waals surface area contributed by atoms with E-state index in [-0.39, 0.29) is 5.75 Å². The van der Waals surface area contributed by atoms with Crippen molar-refractivity contribution < 1.29 is 13.2 Å². The molecule has 0 radical (unpaired) electrons. The van der Waals surface area contributed by atoms with Crippen LogP contribution in [0, 0.1) is 0 Å². The van der Waals surface area contributed by atoms with E-state index in [4.69, 9.17) is 5.73 Å². The van der Waals surface area contributed by atoms with Gasteiger partial charge in [0, 0.05) is 0 Å². The maximum absolute atomic E-state index is 11.1. The van der Waals surface area contributed by atoms with E-state index in [1.807, 2.05) is 11.9 Å². The fourth-order valence-corrected chi connectivity index (χ4v) is 2.14. The van der Waals surface area contributed by atoms with Crippen LogP contribution in [-0.2, 0) is 10.0 Å². The highest BCUT2D eigenvalue weighted by atomic mass is 32.2. The minimum atomic E-state index is -3.54. The predicted molar refractivity (Wildman–Crippen MR) is 58.9 cm³/mol. The third-order valence-corrected chi connectivity index (χ3v) is 3.15. The molecule has 0 aromatic carbocycles. The molecule has 0 bridgehead atoms. The molecule has 0 spiro atoms. The average Bonchev–Trinajstić information content (AvgIpc) is 2.01. The molecule has 0 fully saturated rings. The second-order valence-corrected chi connectivity index (χ2v) is 5.28. The molecule has 15 heavy (non-hydrogen) atoms. The Balaban J connectivity index is 3.80. The van der Waals surface area contributed by atoms with E-state index in [1.165, 1.54) is 0 Å². The Hall–Kier alpha value is -0.820. The summed E-state index contributed by atoms with van der Waals surface area (Å²) in [5, 5.41) is 0. The van der Waals surface area contributed by atoms with Crippen molar-refractivity contribution >= 4 is 16.1 Å². The molecule has 0 saturated carbocycles. The van der Waals surface area contributed by atoms with Gasteiger partial charge in [0.25, 0.3) is 0 Å². The summed E-state index contributed by atoms with van der Waals surface area (Å²) in [5.41, 5.74) is 4.72. The number of urea groups is 1. The molecule has 7 heteroatoms. The number of hydrogen-bond acceptors (Lipinski definition) is 4. The number of carbonyl (C=O) groups excluding carboxylic acids is 1. The van der Waals surface area contributed by atoms with Crippen molar-refractivity contribution in [1.29, 1.82) is 0 Å². The lowest BCUT2D eigenvalue weighted by Gasteiger charge is -2.14. The molecule has 0 aliphatic heterocycles. The number of nitrogens with zero attached hydrogens (tertiary/aromatic N) is 1. The van der Waals surface area contributed by atoms with Gasteiger partial charge in [-0.05, 0) is 33.0 Å². The molecule has 0 aromatic rings. The van der Waals surface area contributed by atoms with E-state index in [1.54, 1.807) is 4.72 Å². The Kier molecular flexibility index (Phi) is 6.26. The van der Waals surface area contributed by atoms with Crippen LogP contribution in [0.2, 0.25) is 0 Å². The van der Waals surface area contributed by atoms with Crippen molar-refractivity contribution in [2.45, 2.75) is 19.8 Å². The predicted octanol–water partition coefficient (Wildman–Crippen LogP) is -0.284. The number of carbonyl (C=O) groups is 1. The van der Waals surface area contributed by atoms with E-state index in [0.29, 0.717) is 13.0 Å². The first kappa shape index (κ1) is 14.2. The van der Waals surface area contributed by atoms with E-state index in [2.05, 4.69) is 6.92 Å². The number of nitrogens with one attached hydrogen (secondary N) is 1. The molecule has 6 nitrogen and oxygen atoms in total. The van der Waals surface area contributed by atoms with Crippen LogP contribution in [0.1, 0.15) is 19.8 Å². The molecule has 0 aliphatic carbocycles. The minimum absolute atomic E-state index is 0.0794. The zero-order valence-corrected chi connectivity index (χ0v) is 10.0. The summed E-state index contributed by atoms with van der Waals surface area (Å²) in [4.78, 5) is 12.4. The van der Waals surface area contributed by atoms with Crippen LogP contribution in [0.15, 0.2) is 0 Å². The van der Waals surface area contributed by atoms with Gasteiger partial charge in [-0.3, -0.25) is 0 Å². The maximum atomic E-state index is 11.1. The number of nitrogens with two attached hydrogens (primary N) is 1. The van der Waals surface area contributed by atoms with Crippen LogP contribution in [0.4, 0.5) is 4.79 Å². The molecule has 0 saturated heterocycles. The highest BCUT2D eigenvalue weighted by molar-refractivity contribution is 7.90. The summed E-state index contributed by atoms with van der Waals surface area (Å²) in [6.07, 6.45) is 1.52. The average molecular weight is 237 g/mol. The van der Waals surface area contributed by atoms with Gasteiger partial charge < -0.3 is 10.6 Å². The molecular formula is C8H19N3O3S. The normalized spacial score (nSPS) is 11.7. The van der Waals surface area contributed by atoms with Crippen LogP contribution in [0.25, 0.3) is 0 Å². The van der Waals surface area contributed by atoms with Crippen molar-refractivity contribution in [3.8, 4) is 0 Å². The zero-order valence-electron chi connectivity index (χ0n) is 9.19. The topological polar surface area (TPSA) is 92.5 Å². The molecule has 0 heterocycles. The van der Waals surface area contributed by atoms with Gasteiger partial charge in [0.1, 0.15) is 0 Å². The van der Waals surface area contributed by atoms with Gasteiger partial charge in [-0.1, -0.05) is 6.92 Å². The molecule has 0 aliphatic rings. The molecule has 0 aromatic heterocycles. The van der Waals surface area contributed by atoms with Crippen LogP contribution >= 0.6 is 0 Å². The highest BCUT2D eigenvalue weighted by Crippen LogP contribution is 1.93. The highest BCUT2D eigenvalue weighted by Gasteiger charge is 2.11. The number of rotatable bonds is 7. The molecule has 3 N–H and O–H groups in total. The van der Waals surface area contributed by atoms with Crippen LogP contribution in [-0.4, -0.2) is 45.2 Å². The second-order valence-electron chi connectivity index (χ2n) is 3.44. The lowest BCUT2D eigenvalue weighted by molar-refractivity contribution is 0.253.